The van der Waals surface area contributed by atoms with Crippen LogP contribution in [0.1, 0.15) is 65.7 Å². The van der Waals surface area contributed by atoms with Gasteiger partial charge in [-0.1, -0.05) is 37.5 Å². The molecule has 4 rings (SSSR count). The van der Waals surface area contributed by atoms with Gasteiger partial charge >= 0.3 is 0 Å². The van der Waals surface area contributed by atoms with Crippen molar-refractivity contribution in [2.24, 2.45) is 10.4 Å². The number of anilines is 1. The van der Waals surface area contributed by atoms with Gasteiger partial charge in [0.15, 0.2) is 0 Å². The molecule has 4 nitrogen and oxygen atoms in total. The molecule has 146 valence electrons. The number of benzene rings is 1. The molecule has 1 aromatic rings. The number of carbonyl (C=O) groups excluding carboxylic acids is 1. The highest BCUT2D eigenvalue weighted by atomic mass is 16.2. The fraction of sp³-hybridized carbons (Fsp3) is 0.652. The van der Waals surface area contributed by atoms with Crippen molar-refractivity contribution in [2.75, 3.05) is 18.0 Å². The van der Waals surface area contributed by atoms with E-state index in [1.165, 1.54) is 19.3 Å². The van der Waals surface area contributed by atoms with Gasteiger partial charge in [-0.15, -0.1) is 0 Å². The summed E-state index contributed by atoms with van der Waals surface area (Å²) in [5.41, 5.74) is 0.473. The molecule has 2 saturated heterocycles. The molecule has 27 heavy (non-hydrogen) atoms. The van der Waals surface area contributed by atoms with Crippen LogP contribution in [0.15, 0.2) is 35.3 Å². The van der Waals surface area contributed by atoms with Crippen LogP contribution in [0.4, 0.5) is 5.69 Å². The first-order valence-electron chi connectivity index (χ1n) is 10.7. The van der Waals surface area contributed by atoms with Crippen molar-refractivity contribution in [3.05, 3.63) is 30.3 Å². The molecule has 0 unspecified atom stereocenters. The van der Waals surface area contributed by atoms with E-state index >= 15 is 0 Å². The van der Waals surface area contributed by atoms with Crippen molar-refractivity contribution < 1.29 is 4.79 Å². The van der Waals surface area contributed by atoms with Gasteiger partial charge in [-0.05, 0) is 71.7 Å². The zero-order valence-electron chi connectivity index (χ0n) is 17.1. The van der Waals surface area contributed by atoms with Gasteiger partial charge in [0.05, 0.1) is 22.7 Å². The third-order valence-electron chi connectivity index (χ3n) is 6.34. The normalized spacial score (nSPS) is 27.8. The Balaban J connectivity index is 1.88. The summed E-state index contributed by atoms with van der Waals surface area (Å²) in [5.74, 6) is 1.27. The lowest BCUT2D eigenvalue weighted by Crippen LogP contribution is -2.50. The quantitative estimate of drug-likeness (QED) is 0.763. The van der Waals surface area contributed by atoms with Gasteiger partial charge in [0.1, 0.15) is 5.84 Å². The Kier molecular flexibility index (Phi) is 4.87. The van der Waals surface area contributed by atoms with Crippen LogP contribution in [0.3, 0.4) is 0 Å². The van der Waals surface area contributed by atoms with Crippen molar-refractivity contribution in [1.29, 1.82) is 0 Å². The molecule has 3 aliphatic rings. The lowest BCUT2D eigenvalue weighted by atomic mass is 9.69. The molecular weight excluding hydrogens is 334 g/mol. The minimum atomic E-state index is -0.289. The number of amidine groups is 1. The van der Waals surface area contributed by atoms with Crippen LogP contribution in [-0.2, 0) is 4.79 Å². The van der Waals surface area contributed by atoms with E-state index in [2.05, 4.69) is 37.8 Å². The maximum absolute atomic E-state index is 14.0. The zero-order valence-corrected chi connectivity index (χ0v) is 17.1. The molecule has 3 fully saturated rings. The second-order valence-electron chi connectivity index (χ2n) is 9.48. The predicted octanol–water partition coefficient (Wildman–Crippen LogP) is 4.65. The van der Waals surface area contributed by atoms with Crippen LogP contribution in [0, 0.1) is 5.41 Å². The van der Waals surface area contributed by atoms with E-state index < -0.39 is 0 Å². The summed E-state index contributed by atoms with van der Waals surface area (Å²) >= 11 is 0. The molecule has 1 atom stereocenters. The lowest BCUT2D eigenvalue weighted by Gasteiger charge is -2.40. The first-order chi connectivity index (χ1) is 12.9. The number of aliphatic imine (C=N–C) groups is 1. The molecule has 0 radical (unpaired) electrons. The molecule has 2 aliphatic heterocycles. The first kappa shape index (κ1) is 18.7. The molecule has 0 N–H and O–H groups in total. The Labute approximate surface area is 163 Å². The number of rotatable bonds is 2. The van der Waals surface area contributed by atoms with Gasteiger partial charge in [-0.25, -0.2) is 0 Å². The predicted molar refractivity (Wildman–Crippen MR) is 111 cm³/mol. The van der Waals surface area contributed by atoms with Crippen LogP contribution in [0.25, 0.3) is 0 Å². The number of nitrogens with zero attached hydrogens (tertiary/aromatic N) is 3. The molecule has 1 spiro atoms. The van der Waals surface area contributed by atoms with E-state index in [9.17, 15) is 4.79 Å². The SMILES string of the molecule is CC(C)(C)N=C1[C@H](N2CCCC2)C2(CCCCC2)C(=O)N1c1ccccc1. The van der Waals surface area contributed by atoms with Gasteiger partial charge in [-0.3, -0.25) is 19.6 Å². The van der Waals surface area contributed by atoms with Crippen molar-refractivity contribution in [3.8, 4) is 0 Å². The highest BCUT2D eigenvalue weighted by Crippen LogP contribution is 2.50. The molecule has 1 aliphatic carbocycles. The number of para-hydroxylation sites is 1. The van der Waals surface area contributed by atoms with Crippen LogP contribution < -0.4 is 4.90 Å². The Hall–Kier alpha value is -1.68. The summed E-state index contributed by atoms with van der Waals surface area (Å²) in [6, 6.07) is 10.3. The highest BCUT2D eigenvalue weighted by molar-refractivity contribution is 6.27. The number of amides is 1. The average Bonchev–Trinajstić information content (AvgIpc) is 3.22. The minimum absolute atomic E-state index is 0.132. The zero-order chi connectivity index (χ0) is 19.1. The van der Waals surface area contributed by atoms with Gasteiger partial charge < -0.3 is 0 Å². The van der Waals surface area contributed by atoms with E-state index in [-0.39, 0.29) is 22.9 Å². The lowest BCUT2D eigenvalue weighted by molar-refractivity contribution is -0.129. The summed E-state index contributed by atoms with van der Waals surface area (Å²) in [4.78, 5) is 23.7. The standard InChI is InChI=1S/C23H33N3O/c1-22(2,3)24-20-19(25-16-10-11-17-25)23(14-8-5-9-15-23)21(27)26(20)18-12-6-4-7-13-18/h4,6-7,12-13,19H,5,8-11,14-17H2,1-3H3/t19-/m0/s1. The van der Waals surface area contributed by atoms with Crippen molar-refractivity contribution in [2.45, 2.75) is 77.3 Å². The fourth-order valence-corrected chi connectivity index (χ4v) is 5.28. The van der Waals surface area contributed by atoms with Gasteiger partial charge in [-0.2, -0.15) is 0 Å². The largest absolute Gasteiger partial charge is 0.293 e. The fourth-order valence-electron chi connectivity index (χ4n) is 5.28. The maximum Gasteiger partial charge on any atom is 0.240 e. The third kappa shape index (κ3) is 3.33. The molecule has 2 heterocycles. The van der Waals surface area contributed by atoms with Crippen molar-refractivity contribution in [1.82, 2.24) is 4.90 Å². The second-order valence-corrected chi connectivity index (χ2v) is 9.48. The van der Waals surface area contributed by atoms with Crippen molar-refractivity contribution in [3.63, 3.8) is 0 Å². The topological polar surface area (TPSA) is 35.9 Å². The van der Waals surface area contributed by atoms with E-state index in [0.29, 0.717) is 0 Å². The van der Waals surface area contributed by atoms with Crippen LogP contribution in [0.5, 0.6) is 0 Å². The minimum Gasteiger partial charge on any atom is -0.293 e. The smallest absolute Gasteiger partial charge is 0.240 e. The van der Waals surface area contributed by atoms with Gasteiger partial charge in [0.2, 0.25) is 5.91 Å². The molecule has 1 aromatic carbocycles. The summed E-state index contributed by atoms with van der Waals surface area (Å²) in [6.07, 6.45) is 8.02. The monoisotopic (exact) mass is 367 g/mol. The molecule has 0 aromatic heterocycles. The molecule has 1 saturated carbocycles. The van der Waals surface area contributed by atoms with Gasteiger partial charge in [0, 0.05) is 0 Å². The maximum atomic E-state index is 14.0. The van der Waals surface area contributed by atoms with Crippen LogP contribution >= 0.6 is 0 Å². The van der Waals surface area contributed by atoms with E-state index in [1.807, 2.05) is 23.1 Å². The van der Waals surface area contributed by atoms with E-state index in [0.717, 1.165) is 50.3 Å². The summed E-state index contributed by atoms with van der Waals surface area (Å²) in [6.45, 7) is 8.60. The Morgan fingerprint density at radius 3 is 2.19 bits per heavy atom. The number of carbonyl (C=O) groups is 1. The Bertz CT molecular complexity index is 707. The number of likely N-dealkylation sites (tertiary alicyclic amines) is 1. The summed E-state index contributed by atoms with van der Waals surface area (Å²) in [5, 5.41) is 0. The molecule has 0 bridgehead atoms. The third-order valence-corrected chi connectivity index (χ3v) is 6.34. The van der Waals surface area contributed by atoms with Crippen LogP contribution in [-0.4, -0.2) is 41.3 Å². The number of hydrogen-bond acceptors (Lipinski definition) is 3. The summed E-state index contributed by atoms with van der Waals surface area (Å²) < 4.78 is 0. The Morgan fingerprint density at radius 1 is 0.963 bits per heavy atom. The van der Waals surface area contributed by atoms with E-state index in [4.69, 9.17) is 4.99 Å². The average molecular weight is 368 g/mol. The Morgan fingerprint density at radius 2 is 1.59 bits per heavy atom. The summed E-state index contributed by atoms with van der Waals surface area (Å²) in [7, 11) is 0. The molecular formula is C23H33N3O. The van der Waals surface area contributed by atoms with Gasteiger partial charge in [0.25, 0.3) is 0 Å². The second kappa shape index (κ2) is 7.05. The van der Waals surface area contributed by atoms with Crippen LogP contribution in [0.2, 0.25) is 0 Å². The molecule has 1 amide bonds. The first-order valence-corrected chi connectivity index (χ1v) is 10.7. The van der Waals surface area contributed by atoms with Crippen molar-refractivity contribution >= 4 is 17.4 Å². The number of hydrogen-bond donors (Lipinski definition) is 0. The van der Waals surface area contributed by atoms with E-state index in [1.54, 1.807) is 0 Å². The molecule has 4 heteroatoms. The highest BCUT2D eigenvalue weighted by Gasteiger charge is 2.60.